The zero-order valence-corrected chi connectivity index (χ0v) is 12.9. The number of sulfone groups is 1. The summed E-state index contributed by atoms with van der Waals surface area (Å²) in [5, 5.41) is 3.19. The molecule has 0 aliphatic carbocycles. The third-order valence-electron chi connectivity index (χ3n) is 2.83. The lowest BCUT2D eigenvalue weighted by Gasteiger charge is -2.08. The molecule has 2 aromatic rings. The molecule has 0 radical (unpaired) electrons. The Hall–Kier alpha value is -1.92. The van der Waals surface area contributed by atoms with Gasteiger partial charge in [0.2, 0.25) is 0 Å². The smallest absolute Gasteiger partial charge is 0.175 e. The van der Waals surface area contributed by atoms with Gasteiger partial charge in [-0.05, 0) is 36.9 Å². The third-order valence-corrected chi connectivity index (χ3v) is 3.96. The van der Waals surface area contributed by atoms with Crippen molar-refractivity contribution in [2.45, 2.75) is 18.4 Å². The molecule has 0 amide bonds. The zero-order chi connectivity index (χ0) is 15.3. The molecule has 5 nitrogen and oxygen atoms in total. The molecule has 0 unspecified atom stereocenters. The molecule has 0 atom stereocenters. The van der Waals surface area contributed by atoms with Gasteiger partial charge in [-0.1, -0.05) is 6.92 Å². The van der Waals surface area contributed by atoms with Gasteiger partial charge in [-0.2, -0.15) is 0 Å². The van der Waals surface area contributed by atoms with E-state index in [1.165, 1.54) is 18.4 Å². The van der Waals surface area contributed by atoms with E-state index in [9.17, 15) is 8.42 Å². The summed E-state index contributed by atoms with van der Waals surface area (Å²) in [6.45, 7) is 3.59. The Morgan fingerprint density at radius 2 is 1.86 bits per heavy atom. The molecule has 0 saturated carbocycles. The van der Waals surface area contributed by atoms with E-state index in [-0.39, 0.29) is 4.90 Å². The summed E-state index contributed by atoms with van der Waals surface area (Å²) >= 11 is 0. The van der Waals surface area contributed by atoms with Gasteiger partial charge in [0.1, 0.15) is 11.5 Å². The fraction of sp³-hybridized carbons (Fsp3) is 0.267. The van der Waals surface area contributed by atoms with E-state index in [4.69, 9.17) is 4.74 Å². The van der Waals surface area contributed by atoms with Crippen LogP contribution in [0.25, 0.3) is 0 Å². The predicted octanol–water partition coefficient (Wildman–Crippen LogP) is 2.39. The first-order valence-corrected chi connectivity index (χ1v) is 8.52. The Kier molecular flexibility index (Phi) is 4.93. The highest BCUT2D eigenvalue weighted by molar-refractivity contribution is 7.90. The summed E-state index contributed by atoms with van der Waals surface area (Å²) in [7, 11) is -3.18. The average molecular weight is 306 g/mol. The number of pyridine rings is 1. The lowest BCUT2D eigenvalue weighted by atomic mass is 10.3. The lowest BCUT2D eigenvalue weighted by molar-refractivity contribution is 0.480. The maximum atomic E-state index is 11.4. The maximum absolute atomic E-state index is 11.4. The van der Waals surface area contributed by atoms with Crippen molar-refractivity contribution in [1.29, 1.82) is 0 Å². The molecule has 0 saturated heterocycles. The van der Waals surface area contributed by atoms with Crippen LogP contribution >= 0.6 is 0 Å². The van der Waals surface area contributed by atoms with Crippen molar-refractivity contribution in [3.63, 3.8) is 0 Å². The highest BCUT2D eigenvalue weighted by Gasteiger charge is 2.07. The molecule has 112 valence electrons. The van der Waals surface area contributed by atoms with Gasteiger partial charge in [-0.3, -0.25) is 4.98 Å². The molecule has 1 aromatic heterocycles. The number of hydrogen-bond acceptors (Lipinski definition) is 5. The van der Waals surface area contributed by atoms with E-state index in [1.54, 1.807) is 24.4 Å². The SMILES string of the molecule is CCNCc1cc(Oc2ccc(S(C)(=O)=O)cc2)ccn1. The first-order chi connectivity index (χ1) is 9.99. The summed E-state index contributed by atoms with van der Waals surface area (Å²) in [6.07, 6.45) is 2.87. The van der Waals surface area contributed by atoms with E-state index in [0.717, 1.165) is 12.2 Å². The van der Waals surface area contributed by atoms with E-state index in [0.29, 0.717) is 18.0 Å². The summed E-state index contributed by atoms with van der Waals surface area (Å²) in [4.78, 5) is 4.52. The van der Waals surface area contributed by atoms with Crippen LogP contribution in [0.2, 0.25) is 0 Å². The van der Waals surface area contributed by atoms with Crippen molar-refractivity contribution in [2.75, 3.05) is 12.8 Å². The van der Waals surface area contributed by atoms with E-state index < -0.39 is 9.84 Å². The van der Waals surface area contributed by atoms with Crippen molar-refractivity contribution in [2.24, 2.45) is 0 Å². The van der Waals surface area contributed by atoms with Crippen LogP contribution < -0.4 is 10.1 Å². The Morgan fingerprint density at radius 1 is 1.14 bits per heavy atom. The molecular formula is C15H18N2O3S. The monoisotopic (exact) mass is 306 g/mol. The van der Waals surface area contributed by atoms with Crippen LogP contribution in [-0.4, -0.2) is 26.2 Å². The molecule has 1 N–H and O–H groups in total. The molecule has 1 aromatic carbocycles. The standard InChI is InChI=1S/C15H18N2O3S/c1-3-16-11-12-10-14(8-9-17-12)20-13-4-6-15(7-5-13)21(2,18)19/h4-10,16H,3,11H2,1-2H3. The minimum absolute atomic E-state index is 0.275. The van der Waals surface area contributed by atoms with Gasteiger partial charge in [0.15, 0.2) is 9.84 Å². The maximum Gasteiger partial charge on any atom is 0.175 e. The van der Waals surface area contributed by atoms with Crippen LogP contribution in [0.1, 0.15) is 12.6 Å². The minimum atomic E-state index is -3.18. The number of aromatic nitrogens is 1. The highest BCUT2D eigenvalue weighted by Crippen LogP contribution is 2.23. The van der Waals surface area contributed by atoms with Crippen LogP contribution in [0.4, 0.5) is 0 Å². The minimum Gasteiger partial charge on any atom is -0.457 e. The fourth-order valence-corrected chi connectivity index (χ4v) is 2.39. The van der Waals surface area contributed by atoms with Crippen molar-refractivity contribution in [3.05, 3.63) is 48.3 Å². The second kappa shape index (κ2) is 6.69. The van der Waals surface area contributed by atoms with E-state index in [1.807, 2.05) is 13.0 Å². The van der Waals surface area contributed by atoms with E-state index >= 15 is 0 Å². The second-order valence-electron chi connectivity index (χ2n) is 4.61. The van der Waals surface area contributed by atoms with Gasteiger partial charge < -0.3 is 10.1 Å². The molecule has 0 fully saturated rings. The van der Waals surface area contributed by atoms with Crippen LogP contribution in [0.5, 0.6) is 11.5 Å². The van der Waals surface area contributed by atoms with Crippen LogP contribution in [0.3, 0.4) is 0 Å². The molecule has 6 heteroatoms. The Bertz CT molecular complexity index is 697. The van der Waals surface area contributed by atoms with Gasteiger partial charge >= 0.3 is 0 Å². The fourth-order valence-electron chi connectivity index (χ4n) is 1.76. The summed E-state index contributed by atoms with van der Waals surface area (Å²) < 4.78 is 28.5. The molecule has 21 heavy (non-hydrogen) atoms. The Balaban J connectivity index is 2.11. The molecule has 0 aliphatic rings. The van der Waals surface area contributed by atoms with Gasteiger partial charge in [0.25, 0.3) is 0 Å². The summed E-state index contributed by atoms with van der Waals surface area (Å²) in [5.41, 5.74) is 0.891. The topological polar surface area (TPSA) is 68.3 Å². The van der Waals surface area contributed by atoms with Crippen molar-refractivity contribution < 1.29 is 13.2 Å². The number of ether oxygens (including phenoxy) is 1. The first kappa shape index (κ1) is 15.5. The number of hydrogen-bond donors (Lipinski definition) is 1. The van der Waals surface area contributed by atoms with Crippen LogP contribution in [-0.2, 0) is 16.4 Å². The molecular weight excluding hydrogens is 288 g/mol. The second-order valence-corrected chi connectivity index (χ2v) is 6.62. The quantitative estimate of drug-likeness (QED) is 0.887. The molecule has 0 aliphatic heterocycles. The summed E-state index contributed by atoms with van der Waals surface area (Å²) in [6, 6.07) is 9.96. The van der Waals surface area contributed by atoms with Crippen molar-refractivity contribution in [1.82, 2.24) is 10.3 Å². The largest absolute Gasteiger partial charge is 0.457 e. The van der Waals surface area contributed by atoms with Gasteiger partial charge in [-0.15, -0.1) is 0 Å². The zero-order valence-electron chi connectivity index (χ0n) is 12.0. The number of benzene rings is 1. The summed E-state index contributed by atoms with van der Waals surface area (Å²) in [5.74, 6) is 1.26. The molecule has 2 rings (SSSR count). The highest BCUT2D eigenvalue weighted by atomic mass is 32.2. The normalized spacial score (nSPS) is 11.3. The lowest BCUT2D eigenvalue weighted by Crippen LogP contribution is -2.12. The molecule has 1 heterocycles. The van der Waals surface area contributed by atoms with Gasteiger partial charge in [0, 0.05) is 25.1 Å². The van der Waals surface area contributed by atoms with Crippen LogP contribution in [0, 0.1) is 0 Å². The average Bonchev–Trinajstić information content (AvgIpc) is 2.45. The first-order valence-electron chi connectivity index (χ1n) is 6.62. The molecule has 0 spiro atoms. The van der Waals surface area contributed by atoms with Crippen LogP contribution in [0.15, 0.2) is 47.5 Å². The van der Waals surface area contributed by atoms with Gasteiger partial charge in [0.05, 0.1) is 10.6 Å². The third kappa shape index (κ3) is 4.54. The van der Waals surface area contributed by atoms with E-state index in [2.05, 4.69) is 10.3 Å². The predicted molar refractivity (Wildman–Crippen MR) is 81.2 cm³/mol. The number of nitrogens with zero attached hydrogens (tertiary/aromatic N) is 1. The Morgan fingerprint density at radius 3 is 2.48 bits per heavy atom. The van der Waals surface area contributed by atoms with Gasteiger partial charge in [-0.25, -0.2) is 8.42 Å². The van der Waals surface area contributed by atoms with Crippen molar-refractivity contribution >= 4 is 9.84 Å². The van der Waals surface area contributed by atoms with Crippen molar-refractivity contribution in [3.8, 4) is 11.5 Å². The Labute approximate surface area is 124 Å². The number of nitrogens with one attached hydrogen (secondary N) is 1. The number of rotatable bonds is 6. The molecule has 0 bridgehead atoms.